The van der Waals surface area contributed by atoms with Crippen LogP contribution in [0.25, 0.3) is 22.3 Å². The predicted octanol–water partition coefficient (Wildman–Crippen LogP) is 5.28. The van der Waals surface area contributed by atoms with Gasteiger partial charge in [-0.2, -0.15) is 11.8 Å². The first kappa shape index (κ1) is 19.6. The summed E-state index contributed by atoms with van der Waals surface area (Å²) in [5.74, 6) is 1.43. The quantitative estimate of drug-likeness (QED) is 0.612. The molecule has 1 fully saturated rings. The van der Waals surface area contributed by atoms with Gasteiger partial charge in [-0.25, -0.2) is 9.18 Å². The molecule has 1 saturated heterocycles. The highest BCUT2D eigenvalue weighted by Crippen LogP contribution is 2.41. The van der Waals surface area contributed by atoms with Gasteiger partial charge >= 0.3 is 5.97 Å². The Labute approximate surface area is 172 Å². The summed E-state index contributed by atoms with van der Waals surface area (Å²) in [5, 5.41) is 10.3. The minimum Gasteiger partial charge on any atom is -0.489 e. The molecule has 5 nitrogen and oxygen atoms in total. The molecule has 3 aromatic rings. The van der Waals surface area contributed by atoms with Crippen LogP contribution in [0.5, 0.6) is 5.75 Å². The van der Waals surface area contributed by atoms with Crippen LogP contribution < -0.4 is 9.64 Å². The number of halogens is 1. The average molecular weight is 415 g/mol. The van der Waals surface area contributed by atoms with Gasteiger partial charge in [0.1, 0.15) is 28.5 Å². The van der Waals surface area contributed by atoms with Gasteiger partial charge in [0.25, 0.3) is 0 Å². The number of hydrogen-bond acceptors (Lipinski definition) is 5. The maximum atomic E-state index is 13.3. The predicted molar refractivity (Wildman–Crippen MR) is 114 cm³/mol. The molecule has 1 aliphatic heterocycles. The highest BCUT2D eigenvalue weighted by atomic mass is 32.2. The Kier molecular flexibility index (Phi) is 5.41. The number of furan rings is 1. The number of carboxylic acid groups (broad SMARTS) is 1. The lowest BCUT2D eigenvalue weighted by atomic mass is 10.0. The fourth-order valence-electron chi connectivity index (χ4n) is 3.53. The molecule has 1 N–H and O–H groups in total. The smallest absolute Gasteiger partial charge is 0.340 e. The van der Waals surface area contributed by atoms with E-state index in [-0.39, 0.29) is 23.2 Å². The zero-order valence-electron chi connectivity index (χ0n) is 16.3. The molecule has 1 aromatic heterocycles. The first-order chi connectivity index (χ1) is 13.9. The Bertz CT molecular complexity index is 1040. The molecule has 0 saturated carbocycles. The number of carboxylic acids is 1. The van der Waals surface area contributed by atoms with Crippen molar-refractivity contribution >= 4 is 34.4 Å². The largest absolute Gasteiger partial charge is 0.489 e. The fourth-order valence-corrected chi connectivity index (χ4v) is 4.43. The van der Waals surface area contributed by atoms with Gasteiger partial charge in [-0.1, -0.05) is 0 Å². The van der Waals surface area contributed by atoms with E-state index in [4.69, 9.17) is 9.15 Å². The molecule has 1 aliphatic rings. The van der Waals surface area contributed by atoms with Crippen molar-refractivity contribution in [2.24, 2.45) is 0 Å². The molecule has 0 atom stereocenters. The second-order valence-corrected chi connectivity index (χ2v) is 8.43. The summed E-state index contributed by atoms with van der Waals surface area (Å²) in [6.07, 6.45) is -0.0536. The van der Waals surface area contributed by atoms with E-state index < -0.39 is 5.97 Å². The molecule has 2 aromatic carbocycles. The molecule has 29 heavy (non-hydrogen) atoms. The summed E-state index contributed by atoms with van der Waals surface area (Å²) in [4.78, 5) is 14.3. The normalized spacial score (nSPS) is 14.6. The summed E-state index contributed by atoms with van der Waals surface area (Å²) in [7, 11) is 0. The standard InChI is InChI=1S/C22H22FNO4S/c1-13(2)27-19-11-16-18(12-17(19)24-7-9-29-10-8-24)28-21(20(16)22(25)26)14-3-5-15(23)6-4-14/h3-6,11-13H,7-10H2,1-2H3,(H,25,26). The number of hydrogen-bond donors (Lipinski definition) is 1. The SMILES string of the molecule is CC(C)Oc1cc2c(C(=O)O)c(-c3ccc(F)cc3)oc2cc1N1CCSCC1. The van der Waals surface area contributed by atoms with E-state index in [2.05, 4.69) is 4.90 Å². The minimum absolute atomic E-state index is 0.0536. The lowest BCUT2D eigenvalue weighted by Crippen LogP contribution is -2.32. The maximum Gasteiger partial charge on any atom is 0.340 e. The van der Waals surface area contributed by atoms with E-state index in [0.717, 1.165) is 30.3 Å². The number of fused-ring (bicyclic) bond motifs is 1. The summed E-state index contributed by atoms with van der Waals surface area (Å²) in [5.41, 5.74) is 1.96. The second kappa shape index (κ2) is 7.99. The van der Waals surface area contributed by atoms with Crippen LogP contribution in [0.4, 0.5) is 10.1 Å². The average Bonchev–Trinajstić information content (AvgIpc) is 3.06. The molecule has 2 heterocycles. The summed E-state index contributed by atoms with van der Waals surface area (Å²) in [6.45, 7) is 5.67. The highest BCUT2D eigenvalue weighted by Gasteiger charge is 2.25. The first-order valence-electron chi connectivity index (χ1n) is 9.53. The van der Waals surface area contributed by atoms with Gasteiger partial charge in [-0.05, 0) is 44.2 Å². The third-order valence-corrected chi connectivity index (χ3v) is 5.75. The zero-order chi connectivity index (χ0) is 20.5. The van der Waals surface area contributed by atoms with Crippen LogP contribution in [-0.4, -0.2) is 41.8 Å². The highest BCUT2D eigenvalue weighted by molar-refractivity contribution is 7.99. The molecule has 0 spiro atoms. The second-order valence-electron chi connectivity index (χ2n) is 7.20. The van der Waals surface area contributed by atoms with Crippen LogP contribution in [-0.2, 0) is 0 Å². The van der Waals surface area contributed by atoms with Gasteiger partial charge in [0.05, 0.1) is 11.8 Å². The van der Waals surface area contributed by atoms with E-state index in [1.165, 1.54) is 24.3 Å². The number of ether oxygens (including phenoxy) is 1. The first-order valence-corrected chi connectivity index (χ1v) is 10.7. The van der Waals surface area contributed by atoms with Crippen molar-refractivity contribution in [3.05, 3.63) is 47.8 Å². The van der Waals surface area contributed by atoms with Crippen LogP contribution in [0.1, 0.15) is 24.2 Å². The number of nitrogens with zero attached hydrogens (tertiary/aromatic N) is 1. The van der Waals surface area contributed by atoms with Crippen molar-refractivity contribution in [1.82, 2.24) is 0 Å². The summed E-state index contributed by atoms with van der Waals surface area (Å²) < 4.78 is 25.4. The van der Waals surface area contributed by atoms with E-state index in [1.807, 2.05) is 31.7 Å². The molecule has 7 heteroatoms. The van der Waals surface area contributed by atoms with Crippen molar-refractivity contribution in [3.8, 4) is 17.1 Å². The van der Waals surface area contributed by atoms with E-state index in [9.17, 15) is 14.3 Å². The minimum atomic E-state index is -1.10. The maximum absolute atomic E-state index is 13.3. The Morgan fingerprint density at radius 1 is 1.21 bits per heavy atom. The van der Waals surface area contributed by atoms with Crippen molar-refractivity contribution < 1.29 is 23.4 Å². The molecule has 0 amide bonds. The van der Waals surface area contributed by atoms with Gasteiger partial charge in [0, 0.05) is 41.6 Å². The molecule has 0 aliphatic carbocycles. The van der Waals surface area contributed by atoms with Gasteiger partial charge in [0.15, 0.2) is 0 Å². The van der Waals surface area contributed by atoms with Gasteiger partial charge in [0.2, 0.25) is 0 Å². The van der Waals surface area contributed by atoms with E-state index in [1.54, 1.807) is 6.07 Å². The third kappa shape index (κ3) is 3.92. The van der Waals surface area contributed by atoms with Crippen LogP contribution >= 0.6 is 11.8 Å². The van der Waals surface area contributed by atoms with Crippen LogP contribution in [0.15, 0.2) is 40.8 Å². The molecule has 0 bridgehead atoms. The lowest BCUT2D eigenvalue weighted by Gasteiger charge is -2.30. The topological polar surface area (TPSA) is 62.9 Å². The molecule has 0 unspecified atom stereocenters. The molecule has 4 rings (SSSR count). The Morgan fingerprint density at radius 2 is 1.90 bits per heavy atom. The van der Waals surface area contributed by atoms with Gasteiger partial charge in [-0.15, -0.1) is 0 Å². The van der Waals surface area contributed by atoms with Crippen molar-refractivity contribution in [2.45, 2.75) is 20.0 Å². The number of anilines is 1. The molecular weight excluding hydrogens is 393 g/mol. The van der Waals surface area contributed by atoms with Crippen molar-refractivity contribution in [1.29, 1.82) is 0 Å². The van der Waals surface area contributed by atoms with Gasteiger partial charge < -0.3 is 19.2 Å². The van der Waals surface area contributed by atoms with Crippen molar-refractivity contribution in [2.75, 3.05) is 29.5 Å². The molecular formula is C22H22FNO4S. The number of carbonyl (C=O) groups is 1. The van der Waals surface area contributed by atoms with Crippen LogP contribution in [0.2, 0.25) is 0 Å². The third-order valence-electron chi connectivity index (χ3n) is 4.80. The van der Waals surface area contributed by atoms with E-state index in [0.29, 0.717) is 22.3 Å². The summed E-state index contributed by atoms with van der Waals surface area (Å²) in [6, 6.07) is 9.24. The summed E-state index contributed by atoms with van der Waals surface area (Å²) >= 11 is 1.91. The Hall–Kier alpha value is -2.67. The number of thioether (sulfide) groups is 1. The lowest BCUT2D eigenvalue weighted by molar-refractivity contribution is 0.0699. The fraction of sp³-hybridized carbons (Fsp3) is 0.318. The van der Waals surface area contributed by atoms with Crippen LogP contribution in [0, 0.1) is 5.82 Å². The number of aromatic carboxylic acids is 1. The number of rotatable bonds is 5. The van der Waals surface area contributed by atoms with Crippen LogP contribution in [0.3, 0.4) is 0 Å². The van der Waals surface area contributed by atoms with E-state index >= 15 is 0 Å². The Morgan fingerprint density at radius 3 is 2.52 bits per heavy atom. The number of benzene rings is 2. The zero-order valence-corrected chi connectivity index (χ0v) is 17.1. The molecule has 0 radical (unpaired) electrons. The monoisotopic (exact) mass is 415 g/mol. The van der Waals surface area contributed by atoms with Gasteiger partial charge in [-0.3, -0.25) is 0 Å². The Balaban J connectivity index is 1.91. The van der Waals surface area contributed by atoms with Crippen molar-refractivity contribution in [3.63, 3.8) is 0 Å². The molecule has 152 valence electrons.